The summed E-state index contributed by atoms with van der Waals surface area (Å²) >= 11 is 0. The van der Waals surface area contributed by atoms with Crippen molar-refractivity contribution >= 4 is 11.8 Å². The summed E-state index contributed by atoms with van der Waals surface area (Å²) in [6.45, 7) is 5.92. The van der Waals surface area contributed by atoms with E-state index in [-0.39, 0.29) is 23.3 Å². The molecule has 114 valence electrons. The van der Waals surface area contributed by atoms with Crippen LogP contribution in [0, 0.1) is 17.3 Å². The van der Waals surface area contributed by atoms with E-state index in [1.54, 1.807) is 0 Å². The average Bonchev–Trinajstić information content (AvgIpc) is 2.95. The van der Waals surface area contributed by atoms with E-state index in [1.807, 2.05) is 20.8 Å². The number of carbonyl (C=O) groups excluding carboxylic acids is 2. The van der Waals surface area contributed by atoms with Crippen LogP contribution in [0.25, 0.3) is 0 Å². The van der Waals surface area contributed by atoms with Gasteiger partial charge in [0.2, 0.25) is 11.8 Å². The molecule has 2 saturated carbocycles. The minimum atomic E-state index is -0.558. The van der Waals surface area contributed by atoms with Crippen molar-refractivity contribution in [3.8, 4) is 0 Å². The lowest BCUT2D eigenvalue weighted by atomic mass is 9.79. The van der Waals surface area contributed by atoms with Crippen molar-refractivity contribution in [2.24, 2.45) is 23.0 Å². The van der Waals surface area contributed by atoms with Gasteiger partial charge in [0.05, 0.1) is 11.3 Å². The predicted molar refractivity (Wildman–Crippen MR) is 78.8 cm³/mol. The molecule has 3 N–H and O–H groups in total. The van der Waals surface area contributed by atoms with Crippen molar-refractivity contribution in [2.75, 3.05) is 0 Å². The zero-order valence-electron chi connectivity index (χ0n) is 13.0. The molecule has 0 spiro atoms. The zero-order chi connectivity index (χ0) is 15.0. The number of rotatable bonds is 5. The van der Waals surface area contributed by atoms with E-state index in [2.05, 4.69) is 5.32 Å². The number of hydrogen-bond donors (Lipinski definition) is 2. The van der Waals surface area contributed by atoms with E-state index in [0.717, 1.165) is 19.3 Å². The smallest absolute Gasteiger partial charge is 0.224 e. The predicted octanol–water partition coefficient (Wildman–Crippen LogP) is 2.36. The summed E-state index contributed by atoms with van der Waals surface area (Å²) in [6, 6.07) is 0. The Balaban J connectivity index is 2.11. The molecule has 2 amide bonds. The molecule has 0 radical (unpaired) electrons. The summed E-state index contributed by atoms with van der Waals surface area (Å²) in [5.74, 6) is 0.0788. The summed E-state index contributed by atoms with van der Waals surface area (Å²) in [5, 5.41) is 3.05. The Morgan fingerprint density at radius 2 is 1.80 bits per heavy atom. The van der Waals surface area contributed by atoms with Crippen molar-refractivity contribution in [3.05, 3.63) is 0 Å². The van der Waals surface area contributed by atoms with Crippen molar-refractivity contribution in [2.45, 2.75) is 71.3 Å². The third-order valence-corrected chi connectivity index (χ3v) is 4.80. The number of carbonyl (C=O) groups is 2. The molecular formula is C16H28N2O2. The third-order valence-electron chi connectivity index (χ3n) is 4.80. The molecule has 0 heterocycles. The van der Waals surface area contributed by atoms with Crippen LogP contribution in [0.15, 0.2) is 0 Å². The van der Waals surface area contributed by atoms with Crippen LogP contribution < -0.4 is 11.1 Å². The molecule has 0 bridgehead atoms. The number of primary amides is 1. The zero-order valence-corrected chi connectivity index (χ0v) is 13.0. The lowest BCUT2D eigenvalue weighted by molar-refractivity contribution is -0.136. The molecule has 0 saturated heterocycles. The molecule has 1 atom stereocenters. The highest BCUT2D eigenvalue weighted by Crippen LogP contribution is 2.54. The fraction of sp³-hybridized carbons (Fsp3) is 0.875. The quantitative estimate of drug-likeness (QED) is 0.811. The summed E-state index contributed by atoms with van der Waals surface area (Å²) in [4.78, 5) is 24.4. The van der Waals surface area contributed by atoms with E-state index < -0.39 is 5.41 Å². The fourth-order valence-electron chi connectivity index (χ4n) is 3.52. The first-order valence-corrected chi connectivity index (χ1v) is 7.86. The van der Waals surface area contributed by atoms with Crippen LogP contribution in [-0.4, -0.2) is 17.4 Å². The Morgan fingerprint density at radius 1 is 1.25 bits per heavy atom. The standard InChI is InChI=1S/C16H28N2O2/c1-15(2,3)18-13(19)12(10-11-6-4-5-7-11)16(8-9-16)14(17)20/h11-12H,4-10H2,1-3H3,(H2,17,20)(H,18,19)/t12-/m0/s1. The Hall–Kier alpha value is -1.06. The third kappa shape index (κ3) is 3.33. The molecule has 0 aromatic heterocycles. The molecular weight excluding hydrogens is 252 g/mol. The average molecular weight is 280 g/mol. The van der Waals surface area contributed by atoms with E-state index in [0.29, 0.717) is 5.92 Å². The number of amides is 2. The van der Waals surface area contributed by atoms with Gasteiger partial charge in [-0.25, -0.2) is 0 Å². The van der Waals surface area contributed by atoms with Gasteiger partial charge in [-0.3, -0.25) is 9.59 Å². The van der Waals surface area contributed by atoms with Gasteiger partial charge in [0.1, 0.15) is 0 Å². The molecule has 0 unspecified atom stereocenters. The van der Waals surface area contributed by atoms with E-state index in [1.165, 1.54) is 25.7 Å². The van der Waals surface area contributed by atoms with Gasteiger partial charge in [0, 0.05) is 5.54 Å². The molecule has 2 rings (SSSR count). The molecule has 4 nitrogen and oxygen atoms in total. The summed E-state index contributed by atoms with van der Waals surface area (Å²) in [6.07, 6.45) is 7.26. The highest BCUT2D eigenvalue weighted by atomic mass is 16.2. The summed E-state index contributed by atoms with van der Waals surface area (Å²) in [7, 11) is 0. The van der Waals surface area contributed by atoms with E-state index in [9.17, 15) is 9.59 Å². The van der Waals surface area contributed by atoms with Gasteiger partial charge < -0.3 is 11.1 Å². The number of nitrogens with two attached hydrogens (primary N) is 1. The lowest BCUT2D eigenvalue weighted by Gasteiger charge is -2.30. The largest absolute Gasteiger partial charge is 0.369 e. The molecule has 0 aliphatic heterocycles. The van der Waals surface area contributed by atoms with E-state index in [4.69, 9.17) is 5.73 Å². The second-order valence-electron chi connectivity index (χ2n) is 7.70. The maximum atomic E-state index is 12.6. The van der Waals surface area contributed by atoms with Gasteiger partial charge in [0.15, 0.2) is 0 Å². The fourth-order valence-corrected chi connectivity index (χ4v) is 3.52. The first-order chi connectivity index (χ1) is 9.24. The molecule has 0 aromatic carbocycles. The molecule has 2 fully saturated rings. The topological polar surface area (TPSA) is 72.2 Å². The van der Waals surface area contributed by atoms with Crippen molar-refractivity contribution < 1.29 is 9.59 Å². The van der Waals surface area contributed by atoms with E-state index >= 15 is 0 Å². The maximum absolute atomic E-state index is 12.6. The van der Waals surface area contributed by atoms with Crippen LogP contribution in [0.2, 0.25) is 0 Å². The number of nitrogens with one attached hydrogen (secondary N) is 1. The Kier molecular flexibility index (Phi) is 4.12. The van der Waals surface area contributed by atoms with Crippen LogP contribution >= 0.6 is 0 Å². The summed E-state index contributed by atoms with van der Waals surface area (Å²) in [5.41, 5.74) is 4.77. The van der Waals surface area contributed by atoms with Gasteiger partial charge in [-0.15, -0.1) is 0 Å². The lowest BCUT2D eigenvalue weighted by Crippen LogP contribution is -2.48. The Morgan fingerprint density at radius 3 is 2.20 bits per heavy atom. The first kappa shape index (κ1) is 15.3. The molecule has 2 aliphatic rings. The Bertz CT molecular complexity index is 388. The Labute approximate surface area is 121 Å². The second kappa shape index (κ2) is 5.38. The highest BCUT2D eigenvalue weighted by molar-refractivity contribution is 5.92. The van der Waals surface area contributed by atoms with Crippen LogP contribution in [0.4, 0.5) is 0 Å². The molecule has 20 heavy (non-hydrogen) atoms. The maximum Gasteiger partial charge on any atom is 0.224 e. The van der Waals surface area contributed by atoms with Crippen LogP contribution in [0.1, 0.15) is 65.7 Å². The minimum Gasteiger partial charge on any atom is -0.369 e. The molecule has 0 aromatic rings. The van der Waals surface area contributed by atoms with Gasteiger partial charge in [-0.2, -0.15) is 0 Å². The van der Waals surface area contributed by atoms with Crippen molar-refractivity contribution in [1.82, 2.24) is 5.32 Å². The highest BCUT2D eigenvalue weighted by Gasteiger charge is 2.57. The SMILES string of the molecule is CC(C)(C)NC(=O)[C@H](CC1CCCC1)C1(C(N)=O)CC1. The van der Waals surface area contributed by atoms with Crippen LogP contribution in [0.5, 0.6) is 0 Å². The normalized spacial score (nSPS) is 23.4. The number of hydrogen-bond acceptors (Lipinski definition) is 2. The van der Waals surface area contributed by atoms with Gasteiger partial charge in [-0.05, 0) is 46.0 Å². The monoisotopic (exact) mass is 280 g/mol. The summed E-state index contributed by atoms with van der Waals surface area (Å²) < 4.78 is 0. The first-order valence-electron chi connectivity index (χ1n) is 7.86. The van der Waals surface area contributed by atoms with Crippen molar-refractivity contribution in [3.63, 3.8) is 0 Å². The van der Waals surface area contributed by atoms with Crippen LogP contribution in [0.3, 0.4) is 0 Å². The van der Waals surface area contributed by atoms with Gasteiger partial charge >= 0.3 is 0 Å². The second-order valence-corrected chi connectivity index (χ2v) is 7.70. The van der Waals surface area contributed by atoms with Gasteiger partial charge in [0.25, 0.3) is 0 Å². The minimum absolute atomic E-state index is 0.0145. The molecule has 2 aliphatic carbocycles. The van der Waals surface area contributed by atoms with Crippen molar-refractivity contribution in [1.29, 1.82) is 0 Å². The van der Waals surface area contributed by atoms with Gasteiger partial charge in [-0.1, -0.05) is 25.7 Å². The molecule has 4 heteroatoms. The van der Waals surface area contributed by atoms with Crippen LogP contribution in [-0.2, 0) is 9.59 Å².